The number of hydrogen-bond donors (Lipinski definition) is 0. The Hall–Kier alpha value is -2.15. The zero-order valence-electron chi connectivity index (χ0n) is 13.5. The minimum atomic E-state index is -0.0399. The average Bonchev–Trinajstić information content (AvgIpc) is 3.11. The highest BCUT2D eigenvalue weighted by Crippen LogP contribution is 2.15. The average molecular weight is 391 g/mol. The molecule has 3 rings (SSSR count). The summed E-state index contributed by atoms with van der Waals surface area (Å²) in [7, 11) is 0. The first kappa shape index (κ1) is 16.7. The normalized spacial score (nSPS) is 14.8. The molecule has 1 aliphatic heterocycles. The van der Waals surface area contributed by atoms with Gasteiger partial charge in [-0.2, -0.15) is 5.10 Å². The Morgan fingerprint density at radius 3 is 2.33 bits per heavy atom. The molecule has 7 heteroatoms. The maximum Gasteiger partial charge on any atom is 0.257 e. The van der Waals surface area contributed by atoms with Gasteiger partial charge in [-0.15, -0.1) is 0 Å². The van der Waals surface area contributed by atoms with Gasteiger partial charge in [-0.05, 0) is 24.3 Å². The van der Waals surface area contributed by atoms with E-state index < -0.39 is 0 Å². The summed E-state index contributed by atoms with van der Waals surface area (Å²) < 4.78 is 2.69. The zero-order valence-corrected chi connectivity index (χ0v) is 15.1. The summed E-state index contributed by atoms with van der Waals surface area (Å²) >= 11 is 3.40. The molecule has 1 aromatic carbocycles. The highest BCUT2D eigenvalue weighted by atomic mass is 79.9. The zero-order chi connectivity index (χ0) is 17.1. The molecule has 1 aliphatic rings. The van der Waals surface area contributed by atoms with Crippen LogP contribution in [-0.2, 0) is 4.79 Å². The van der Waals surface area contributed by atoms with Crippen LogP contribution in [0.15, 0.2) is 41.1 Å². The number of piperazine rings is 1. The summed E-state index contributed by atoms with van der Waals surface area (Å²) in [4.78, 5) is 27.9. The third-order valence-electron chi connectivity index (χ3n) is 4.14. The number of benzene rings is 1. The fraction of sp³-hybridized carbons (Fsp3) is 0.353. The summed E-state index contributed by atoms with van der Waals surface area (Å²) in [6.45, 7) is 4.18. The molecule has 0 saturated carbocycles. The van der Waals surface area contributed by atoms with Crippen molar-refractivity contribution in [3.05, 3.63) is 46.7 Å². The fourth-order valence-electron chi connectivity index (χ4n) is 2.73. The number of rotatable bonds is 3. The summed E-state index contributed by atoms with van der Waals surface area (Å²) in [5.74, 6) is 0.104. The molecule has 2 heterocycles. The van der Waals surface area contributed by atoms with Gasteiger partial charge in [0.1, 0.15) is 0 Å². The van der Waals surface area contributed by atoms with Gasteiger partial charge >= 0.3 is 0 Å². The smallest absolute Gasteiger partial charge is 0.257 e. The van der Waals surface area contributed by atoms with Crippen molar-refractivity contribution < 1.29 is 9.59 Å². The SMILES string of the molecule is CCC(=O)N1CCN(C(=O)c2cnn(-c3ccc(Br)cc3)c2)CC1. The minimum Gasteiger partial charge on any atom is -0.339 e. The van der Waals surface area contributed by atoms with Crippen LogP contribution < -0.4 is 0 Å². The van der Waals surface area contributed by atoms with E-state index in [0.29, 0.717) is 38.2 Å². The number of carbonyl (C=O) groups is 2. The van der Waals surface area contributed by atoms with Gasteiger partial charge in [0.2, 0.25) is 5.91 Å². The van der Waals surface area contributed by atoms with Crippen molar-refractivity contribution in [3.63, 3.8) is 0 Å². The summed E-state index contributed by atoms with van der Waals surface area (Å²) in [6.07, 6.45) is 3.84. The Bertz CT molecular complexity index is 733. The molecule has 0 unspecified atom stereocenters. The van der Waals surface area contributed by atoms with E-state index >= 15 is 0 Å². The van der Waals surface area contributed by atoms with Gasteiger partial charge in [0.15, 0.2) is 0 Å². The molecule has 0 bridgehead atoms. The summed E-state index contributed by atoms with van der Waals surface area (Å²) in [5, 5.41) is 4.28. The van der Waals surface area contributed by atoms with Crippen molar-refractivity contribution in [1.82, 2.24) is 19.6 Å². The molecular formula is C17H19BrN4O2. The molecule has 126 valence electrons. The number of halogens is 1. The first-order chi connectivity index (χ1) is 11.6. The van der Waals surface area contributed by atoms with Crippen LogP contribution in [0.4, 0.5) is 0 Å². The van der Waals surface area contributed by atoms with Crippen molar-refractivity contribution in [2.75, 3.05) is 26.2 Å². The number of amides is 2. The fourth-order valence-corrected chi connectivity index (χ4v) is 3.00. The maximum absolute atomic E-state index is 12.6. The van der Waals surface area contributed by atoms with Crippen molar-refractivity contribution >= 4 is 27.7 Å². The largest absolute Gasteiger partial charge is 0.339 e. The Morgan fingerprint density at radius 1 is 1.08 bits per heavy atom. The monoisotopic (exact) mass is 390 g/mol. The number of nitrogens with zero attached hydrogens (tertiary/aromatic N) is 4. The predicted molar refractivity (Wildman–Crippen MR) is 94.0 cm³/mol. The highest BCUT2D eigenvalue weighted by Gasteiger charge is 2.24. The molecular weight excluding hydrogens is 372 g/mol. The van der Waals surface area contributed by atoms with Crippen LogP contribution in [0.1, 0.15) is 23.7 Å². The molecule has 0 radical (unpaired) electrons. The van der Waals surface area contributed by atoms with E-state index in [1.54, 1.807) is 22.0 Å². The van der Waals surface area contributed by atoms with Crippen molar-refractivity contribution in [1.29, 1.82) is 0 Å². The lowest BCUT2D eigenvalue weighted by molar-refractivity contribution is -0.132. The molecule has 1 aromatic heterocycles. The molecule has 24 heavy (non-hydrogen) atoms. The van der Waals surface area contributed by atoms with Crippen LogP contribution in [0, 0.1) is 0 Å². The van der Waals surface area contributed by atoms with Crippen molar-refractivity contribution in [3.8, 4) is 5.69 Å². The molecule has 1 saturated heterocycles. The quantitative estimate of drug-likeness (QED) is 0.807. The van der Waals surface area contributed by atoms with E-state index in [1.165, 1.54) is 0 Å². The van der Waals surface area contributed by atoms with Crippen LogP contribution in [0.25, 0.3) is 5.69 Å². The van der Waals surface area contributed by atoms with Gasteiger partial charge in [-0.25, -0.2) is 4.68 Å². The molecule has 2 aromatic rings. The molecule has 0 spiro atoms. The van der Waals surface area contributed by atoms with Crippen molar-refractivity contribution in [2.45, 2.75) is 13.3 Å². The van der Waals surface area contributed by atoms with Gasteiger partial charge in [0.25, 0.3) is 5.91 Å². The van der Waals surface area contributed by atoms with E-state index in [4.69, 9.17) is 0 Å². The van der Waals surface area contributed by atoms with E-state index in [0.717, 1.165) is 10.2 Å². The van der Waals surface area contributed by atoms with Crippen molar-refractivity contribution in [2.24, 2.45) is 0 Å². The highest BCUT2D eigenvalue weighted by molar-refractivity contribution is 9.10. The second kappa shape index (κ2) is 7.17. The first-order valence-electron chi connectivity index (χ1n) is 7.96. The van der Waals surface area contributed by atoms with Gasteiger partial charge < -0.3 is 9.80 Å². The van der Waals surface area contributed by atoms with Gasteiger partial charge in [-0.3, -0.25) is 9.59 Å². The Labute approximate surface area is 149 Å². The standard InChI is InChI=1S/C17H19BrN4O2/c1-2-16(23)20-7-9-21(10-8-20)17(24)13-11-19-22(12-13)15-5-3-14(18)4-6-15/h3-6,11-12H,2,7-10H2,1H3. The molecule has 6 nitrogen and oxygen atoms in total. The van der Waals surface area contributed by atoms with E-state index in [2.05, 4.69) is 21.0 Å². The summed E-state index contributed by atoms with van der Waals surface area (Å²) in [5.41, 5.74) is 1.46. The van der Waals surface area contributed by atoms with Crippen LogP contribution in [0.2, 0.25) is 0 Å². The Kier molecular flexibility index (Phi) is 4.99. The van der Waals surface area contributed by atoms with Crippen LogP contribution in [0.5, 0.6) is 0 Å². The number of aromatic nitrogens is 2. The van der Waals surface area contributed by atoms with E-state index in [9.17, 15) is 9.59 Å². The van der Waals surface area contributed by atoms with Crippen LogP contribution in [-0.4, -0.2) is 57.6 Å². The van der Waals surface area contributed by atoms with Gasteiger partial charge in [0.05, 0.1) is 17.4 Å². The number of hydrogen-bond acceptors (Lipinski definition) is 3. The van der Waals surface area contributed by atoms with Crippen LogP contribution in [0.3, 0.4) is 0 Å². The van der Waals surface area contributed by atoms with E-state index in [-0.39, 0.29) is 11.8 Å². The lowest BCUT2D eigenvalue weighted by Crippen LogP contribution is -2.50. The van der Waals surface area contributed by atoms with Gasteiger partial charge in [0, 0.05) is 43.3 Å². The maximum atomic E-state index is 12.6. The van der Waals surface area contributed by atoms with Crippen LogP contribution >= 0.6 is 15.9 Å². The second-order valence-corrected chi connectivity index (χ2v) is 6.59. The molecule has 1 fully saturated rings. The number of carbonyl (C=O) groups excluding carboxylic acids is 2. The van der Waals surface area contributed by atoms with E-state index in [1.807, 2.05) is 36.1 Å². The molecule has 0 aliphatic carbocycles. The minimum absolute atomic E-state index is 0.0399. The first-order valence-corrected chi connectivity index (χ1v) is 8.75. The third kappa shape index (κ3) is 3.51. The van der Waals surface area contributed by atoms with Gasteiger partial charge in [-0.1, -0.05) is 22.9 Å². The third-order valence-corrected chi connectivity index (χ3v) is 4.67. The molecule has 0 atom stereocenters. The predicted octanol–water partition coefficient (Wildman–Crippen LogP) is 2.33. The molecule has 2 amide bonds. The topological polar surface area (TPSA) is 58.4 Å². The Morgan fingerprint density at radius 2 is 1.71 bits per heavy atom. The summed E-state index contributed by atoms with van der Waals surface area (Å²) in [6, 6.07) is 7.73. The lowest BCUT2D eigenvalue weighted by atomic mass is 10.2. The lowest BCUT2D eigenvalue weighted by Gasteiger charge is -2.34. The Balaban J connectivity index is 1.66. The second-order valence-electron chi connectivity index (χ2n) is 5.68. The molecule has 0 N–H and O–H groups in total.